The minimum absolute atomic E-state index is 0.159. The van der Waals surface area contributed by atoms with E-state index in [1.165, 1.54) is 21.0 Å². The van der Waals surface area contributed by atoms with Gasteiger partial charge in [0.05, 0.1) is 10.6 Å². The first-order chi connectivity index (χ1) is 15.7. The largest absolute Gasteiger partial charge is 0.324 e. The van der Waals surface area contributed by atoms with Crippen LogP contribution in [0.5, 0.6) is 0 Å². The van der Waals surface area contributed by atoms with Gasteiger partial charge in [0.25, 0.3) is 0 Å². The van der Waals surface area contributed by atoms with Gasteiger partial charge in [-0.05, 0) is 56.0 Å². The number of rotatable bonds is 5. The molecule has 7 nitrogen and oxygen atoms in total. The van der Waals surface area contributed by atoms with Crippen molar-refractivity contribution in [2.45, 2.75) is 43.4 Å². The summed E-state index contributed by atoms with van der Waals surface area (Å²) in [5.41, 5.74) is 3.09. The molecule has 0 aromatic heterocycles. The summed E-state index contributed by atoms with van der Waals surface area (Å²) in [4.78, 5) is 28.6. The van der Waals surface area contributed by atoms with Crippen LogP contribution in [0.2, 0.25) is 0 Å². The lowest BCUT2D eigenvalue weighted by atomic mass is 10.1. The maximum absolute atomic E-state index is 13.2. The van der Waals surface area contributed by atoms with Gasteiger partial charge in [-0.1, -0.05) is 25.1 Å². The van der Waals surface area contributed by atoms with Crippen molar-refractivity contribution in [2.75, 3.05) is 35.6 Å². The summed E-state index contributed by atoms with van der Waals surface area (Å²) in [6.45, 7) is 6.50. The van der Waals surface area contributed by atoms with Gasteiger partial charge in [0.2, 0.25) is 21.8 Å². The van der Waals surface area contributed by atoms with Crippen LogP contribution < -0.4 is 10.2 Å². The van der Waals surface area contributed by atoms with Crippen molar-refractivity contribution >= 4 is 45.0 Å². The van der Waals surface area contributed by atoms with E-state index in [0.29, 0.717) is 24.5 Å². The molecular weight excluding hydrogens is 458 g/mol. The highest BCUT2D eigenvalue weighted by Crippen LogP contribution is 2.38. The highest BCUT2D eigenvalue weighted by molar-refractivity contribution is 7.99. The van der Waals surface area contributed by atoms with E-state index in [-0.39, 0.29) is 29.2 Å². The predicted octanol–water partition coefficient (Wildman–Crippen LogP) is 3.80. The number of para-hydroxylation sites is 1. The molecule has 2 heterocycles. The molecule has 2 aromatic carbocycles. The normalized spacial score (nSPS) is 19.3. The average Bonchev–Trinajstić information content (AvgIpc) is 3.30. The predicted molar refractivity (Wildman–Crippen MR) is 131 cm³/mol. The Hall–Kier alpha value is -2.36. The lowest BCUT2D eigenvalue weighted by Crippen LogP contribution is -2.41. The number of carbonyl (C=O) groups is 2. The van der Waals surface area contributed by atoms with Gasteiger partial charge >= 0.3 is 0 Å². The number of nitrogens with one attached hydrogen (secondary N) is 1. The van der Waals surface area contributed by atoms with Gasteiger partial charge in [0.15, 0.2) is 0 Å². The molecule has 1 fully saturated rings. The third-order valence-corrected chi connectivity index (χ3v) is 9.37. The fraction of sp³-hybridized carbons (Fsp3) is 0.417. The Morgan fingerprint density at radius 2 is 1.79 bits per heavy atom. The van der Waals surface area contributed by atoms with Gasteiger partial charge in [-0.25, -0.2) is 8.42 Å². The van der Waals surface area contributed by atoms with Gasteiger partial charge in [0, 0.05) is 35.3 Å². The number of aryl methyl sites for hydroxylation is 2. The Balaban J connectivity index is 1.67. The summed E-state index contributed by atoms with van der Waals surface area (Å²) >= 11 is 1.51. The number of hydrogen-bond acceptors (Lipinski definition) is 5. The number of amides is 2. The van der Waals surface area contributed by atoms with E-state index < -0.39 is 10.0 Å². The molecule has 2 aromatic rings. The first-order valence-corrected chi connectivity index (χ1v) is 13.6. The molecule has 1 N–H and O–H groups in total. The Bertz CT molecular complexity index is 1170. The number of carbonyl (C=O) groups excluding carboxylic acids is 2. The van der Waals surface area contributed by atoms with E-state index in [0.717, 1.165) is 34.6 Å². The second-order valence-electron chi connectivity index (χ2n) is 8.69. The quantitative estimate of drug-likeness (QED) is 0.693. The zero-order valence-corrected chi connectivity index (χ0v) is 20.8. The summed E-state index contributed by atoms with van der Waals surface area (Å²) in [5.74, 6) is -0.236. The Kier molecular flexibility index (Phi) is 6.83. The summed E-state index contributed by atoms with van der Waals surface area (Å²) in [5, 5.41) is 2.94. The summed E-state index contributed by atoms with van der Waals surface area (Å²) in [7, 11) is -3.64. The molecule has 0 bridgehead atoms. The Labute approximate surface area is 199 Å². The first kappa shape index (κ1) is 23.8. The molecule has 2 aliphatic rings. The molecular formula is C24H29N3O4S2. The first-order valence-electron chi connectivity index (χ1n) is 11.1. The fourth-order valence-corrected chi connectivity index (χ4v) is 6.83. The molecule has 1 atom stereocenters. The summed E-state index contributed by atoms with van der Waals surface area (Å²) in [6, 6.07) is 10.7. The van der Waals surface area contributed by atoms with Crippen LogP contribution in [0.3, 0.4) is 0 Å². The molecule has 1 saturated heterocycles. The second-order valence-corrected chi connectivity index (χ2v) is 11.7. The van der Waals surface area contributed by atoms with Crippen molar-refractivity contribution in [2.24, 2.45) is 5.92 Å². The van der Waals surface area contributed by atoms with Crippen molar-refractivity contribution in [1.82, 2.24) is 4.31 Å². The minimum Gasteiger partial charge on any atom is -0.324 e. The van der Waals surface area contributed by atoms with E-state index >= 15 is 0 Å². The highest BCUT2D eigenvalue weighted by Gasteiger charge is 2.33. The second kappa shape index (κ2) is 9.48. The van der Waals surface area contributed by atoms with Crippen LogP contribution in [0, 0.1) is 19.8 Å². The van der Waals surface area contributed by atoms with Crippen LogP contribution in [-0.4, -0.2) is 49.9 Å². The standard InChI is InChI=1S/C24H29N3O4S2/c1-16-7-6-8-17(2)23(16)25-22(28)14-27-20-13-19(33(30,31)26-11-4-5-12-26)9-10-21(20)32-15-18(3)24(27)29/h6-10,13,18H,4-5,11-12,14-15H2,1-3H3,(H,25,28)/t18-/m1/s1. The zero-order chi connectivity index (χ0) is 23.8. The van der Waals surface area contributed by atoms with Crippen LogP contribution in [0.25, 0.3) is 0 Å². The van der Waals surface area contributed by atoms with Crippen molar-refractivity contribution in [3.63, 3.8) is 0 Å². The Morgan fingerprint density at radius 1 is 1.12 bits per heavy atom. The molecule has 0 spiro atoms. The third-order valence-electron chi connectivity index (χ3n) is 6.15. The van der Waals surface area contributed by atoms with Crippen LogP contribution in [0.1, 0.15) is 30.9 Å². The van der Waals surface area contributed by atoms with Crippen LogP contribution in [0.4, 0.5) is 11.4 Å². The molecule has 0 radical (unpaired) electrons. The van der Waals surface area contributed by atoms with Gasteiger partial charge in [0.1, 0.15) is 6.54 Å². The molecule has 0 saturated carbocycles. The SMILES string of the molecule is Cc1cccc(C)c1NC(=O)CN1C(=O)[C@H](C)CSc2ccc(S(=O)(=O)N3CCCC3)cc21. The van der Waals surface area contributed by atoms with Crippen molar-refractivity contribution in [3.05, 3.63) is 47.5 Å². The number of sulfonamides is 1. The van der Waals surface area contributed by atoms with Crippen LogP contribution in [-0.2, 0) is 19.6 Å². The highest BCUT2D eigenvalue weighted by atomic mass is 32.2. The van der Waals surface area contributed by atoms with E-state index in [2.05, 4.69) is 5.32 Å². The number of hydrogen-bond donors (Lipinski definition) is 1. The number of fused-ring (bicyclic) bond motifs is 1. The monoisotopic (exact) mass is 487 g/mol. The molecule has 9 heteroatoms. The fourth-order valence-electron chi connectivity index (χ4n) is 4.24. The topological polar surface area (TPSA) is 86.8 Å². The van der Waals surface area contributed by atoms with Crippen LogP contribution >= 0.6 is 11.8 Å². The van der Waals surface area contributed by atoms with E-state index in [9.17, 15) is 18.0 Å². The number of nitrogens with zero attached hydrogens (tertiary/aromatic N) is 2. The van der Waals surface area contributed by atoms with Gasteiger partial charge in [-0.2, -0.15) is 4.31 Å². The summed E-state index contributed by atoms with van der Waals surface area (Å²) in [6.07, 6.45) is 1.70. The molecule has 4 rings (SSSR count). The molecule has 0 aliphatic carbocycles. The van der Waals surface area contributed by atoms with Crippen molar-refractivity contribution in [1.29, 1.82) is 0 Å². The van der Waals surface area contributed by atoms with E-state index in [1.54, 1.807) is 18.2 Å². The van der Waals surface area contributed by atoms with Crippen LogP contribution in [0.15, 0.2) is 46.2 Å². The Morgan fingerprint density at radius 3 is 2.45 bits per heavy atom. The number of thioether (sulfide) groups is 1. The number of anilines is 2. The van der Waals surface area contributed by atoms with Crippen molar-refractivity contribution < 1.29 is 18.0 Å². The molecule has 0 unspecified atom stereocenters. The van der Waals surface area contributed by atoms with E-state index in [1.807, 2.05) is 39.0 Å². The average molecular weight is 488 g/mol. The third kappa shape index (κ3) is 4.81. The molecule has 2 aliphatic heterocycles. The number of benzene rings is 2. The molecule has 176 valence electrons. The maximum Gasteiger partial charge on any atom is 0.244 e. The van der Waals surface area contributed by atoms with Gasteiger partial charge in [-0.3, -0.25) is 9.59 Å². The molecule has 2 amide bonds. The molecule has 33 heavy (non-hydrogen) atoms. The maximum atomic E-state index is 13.2. The summed E-state index contributed by atoms with van der Waals surface area (Å²) < 4.78 is 27.8. The van der Waals surface area contributed by atoms with E-state index in [4.69, 9.17) is 0 Å². The van der Waals surface area contributed by atoms with Gasteiger partial charge in [-0.15, -0.1) is 11.8 Å². The van der Waals surface area contributed by atoms with Crippen molar-refractivity contribution in [3.8, 4) is 0 Å². The smallest absolute Gasteiger partial charge is 0.244 e. The van der Waals surface area contributed by atoms with Gasteiger partial charge < -0.3 is 10.2 Å². The zero-order valence-electron chi connectivity index (χ0n) is 19.1. The lowest BCUT2D eigenvalue weighted by Gasteiger charge is -2.25. The minimum atomic E-state index is -3.64. The lowest BCUT2D eigenvalue weighted by molar-refractivity contribution is -0.123.